The smallest absolute Gasteiger partial charge is 0.142 e. The van der Waals surface area contributed by atoms with Crippen LogP contribution in [0.5, 0.6) is 5.75 Å². The van der Waals surface area contributed by atoms with E-state index in [9.17, 15) is 5.26 Å². The Morgan fingerprint density at radius 3 is 2.54 bits per heavy atom. The topological polar surface area (TPSA) is 40.7 Å². The Bertz CT molecular complexity index is 715. The molecule has 124 valence electrons. The Balaban J connectivity index is 1.63. The number of nitrogens with one attached hydrogen (secondary N) is 1. The van der Waals surface area contributed by atoms with Crippen LogP contribution in [-0.4, -0.2) is 32.8 Å². The minimum Gasteiger partial charge on any atom is -0.492 e. The molecule has 1 fully saturated rings. The van der Waals surface area contributed by atoms with Crippen LogP contribution in [0.1, 0.15) is 18.1 Å². The molecule has 1 N–H and O–H groups in total. The van der Waals surface area contributed by atoms with Crippen LogP contribution in [0, 0.1) is 11.3 Å². The number of anilines is 1. The molecule has 1 aliphatic heterocycles. The van der Waals surface area contributed by atoms with Gasteiger partial charge in [-0.15, -0.1) is 0 Å². The summed E-state index contributed by atoms with van der Waals surface area (Å²) in [4.78, 5) is 3.94. The van der Waals surface area contributed by atoms with Crippen molar-refractivity contribution in [1.82, 2.24) is 0 Å². The van der Waals surface area contributed by atoms with E-state index < -0.39 is 0 Å². The summed E-state index contributed by atoms with van der Waals surface area (Å²) in [6, 6.07) is 18.5. The first kappa shape index (κ1) is 16.4. The summed E-state index contributed by atoms with van der Waals surface area (Å²) in [5, 5.41) is 9.24. The molecule has 1 saturated heterocycles. The molecule has 0 radical (unpaired) electrons. The van der Waals surface area contributed by atoms with Gasteiger partial charge in [0.1, 0.15) is 12.3 Å². The van der Waals surface area contributed by atoms with Crippen molar-refractivity contribution in [3.05, 3.63) is 59.7 Å². The number of nitrogens with zero attached hydrogens (tertiary/aromatic N) is 2. The van der Waals surface area contributed by atoms with Gasteiger partial charge in [-0.05, 0) is 25.1 Å². The van der Waals surface area contributed by atoms with Gasteiger partial charge in [0.15, 0.2) is 0 Å². The Kier molecular flexibility index (Phi) is 5.35. The third kappa shape index (κ3) is 3.69. The van der Waals surface area contributed by atoms with E-state index in [1.807, 2.05) is 37.3 Å². The molecule has 0 aliphatic carbocycles. The fourth-order valence-electron chi connectivity index (χ4n) is 3.29. The lowest BCUT2D eigenvalue weighted by molar-refractivity contribution is -0.914. The largest absolute Gasteiger partial charge is 0.492 e. The summed E-state index contributed by atoms with van der Waals surface area (Å²) in [5.41, 5.74) is 3.14. The normalized spacial score (nSPS) is 15.1. The number of benzene rings is 2. The van der Waals surface area contributed by atoms with Gasteiger partial charge >= 0.3 is 0 Å². The second-order valence-electron chi connectivity index (χ2n) is 6.08. The Morgan fingerprint density at radius 2 is 1.79 bits per heavy atom. The quantitative estimate of drug-likeness (QED) is 0.913. The zero-order valence-electron chi connectivity index (χ0n) is 14.2. The van der Waals surface area contributed by atoms with Crippen LogP contribution >= 0.6 is 0 Å². The summed E-state index contributed by atoms with van der Waals surface area (Å²) in [6.45, 7) is 7.78. The number of hydrogen-bond acceptors (Lipinski definition) is 3. The third-order valence-corrected chi connectivity index (χ3v) is 4.55. The van der Waals surface area contributed by atoms with Crippen molar-refractivity contribution in [2.75, 3.05) is 37.7 Å². The van der Waals surface area contributed by atoms with E-state index in [4.69, 9.17) is 4.74 Å². The maximum atomic E-state index is 9.24. The van der Waals surface area contributed by atoms with E-state index >= 15 is 0 Å². The van der Waals surface area contributed by atoms with E-state index in [0.29, 0.717) is 6.61 Å². The van der Waals surface area contributed by atoms with Gasteiger partial charge in [-0.1, -0.05) is 30.3 Å². The van der Waals surface area contributed by atoms with Gasteiger partial charge in [0, 0.05) is 5.56 Å². The molecule has 2 aromatic rings. The zero-order chi connectivity index (χ0) is 16.8. The number of quaternary nitrogens is 1. The Labute approximate surface area is 143 Å². The first-order chi connectivity index (χ1) is 11.8. The second-order valence-corrected chi connectivity index (χ2v) is 6.08. The van der Waals surface area contributed by atoms with E-state index in [-0.39, 0.29) is 0 Å². The lowest BCUT2D eigenvalue weighted by atomic mass is 10.1. The maximum absolute atomic E-state index is 9.24. The minimum absolute atomic E-state index is 0.688. The molecule has 24 heavy (non-hydrogen) atoms. The molecule has 4 nitrogen and oxygen atoms in total. The summed E-state index contributed by atoms with van der Waals surface area (Å²) in [6.07, 6.45) is 0. The monoisotopic (exact) mass is 322 g/mol. The molecule has 0 aromatic heterocycles. The molecule has 0 atom stereocenters. The van der Waals surface area contributed by atoms with Crippen LogP contribution in [0.4, 0.5) is 5.69 Å². The van der Waals surface area contributed by atoms with E-state index in [1.165, 1.54) is 10.6 Å². The van der Waals surface area contributed by atoms with Crippen molar-refractivity contribution in [1.29, 1.82) is 5.26 Å². The highest BCUT2D eigenvalue weighted by molar-refractivity contribution is 5.58. The summed E-state index contributed by atoms with van der Waals surface area (Å²) in [7, 11) is 0. The highest BCUT2D eigenvalue weighted by atomic mass is 16.5. The first-order valence-corrected chi connectivity index (χ1v) is 8.60. The first-order valence-electron chi connectivity index (χ1n) is 8.60. The Morgan fingerprint density at radius 1 is 1.08 bits per heavy atom. The minimum atomic E-state index is 0.688. The molecule has 0 unspecified atom stereocenters. The van der Waals surface area contributed by atoms with E-state index in [1.54, 1.807) is 0 Å². The molecular formula is C20H24N3O+. The van der Waals surface area contributed by atoms with Gasteiger partial charge in [0.05, 0.1) is 50.1 Å². The standard InChI is InChI=1S/C20H23N3O/c1-2-24-20-10-6-5-9-19(20)23-13-11-22(12-14-23)16-18-8-4-3-7-17(18)15-21/h3-10H,2,11-14,16H2,1H3/p+1. The molecule has 1 heterocycles. The van der Waals surface area contributed by atoms with E-state index in [0.717, 1.165) is 49.6 Å². The van der Waals surface area contributed by atoms with Crippen molar-refractivity contribution >= 4 is 5.69 Å². The molecular weight excluding hydrogens is 298 g/mol. The van der Waals surface area contributed by atoms with Crippen LogP contribution < -0.4 is 14.5 Å². The fourth-order valence-corrected chi connectivity index (χ4v) is 3.29. The zero-order valence-corrected chi connectivity index (χ0v) is 14.2. The molecule has 3 rings (SSSR count). The van der Waals surface area contributed by atoms with Crippen LogP contribution in [0.15, 0.2) is 48.5 Å². The number of ether oxygens (including phenoxy) is 1. The van der Waals surface area contributed by atoms with Gasteiger partial charge in [0.25, 0.3) is 0 Å². The number of rotatable bonds is 5. The van der Waals surface area contributed by atoms with Crippen LogP contribution in [0.2, 0.25) is 0 Å². The fraction of sp³-hybridized carbons (Fsp3) is 0.350. The highest BCUT2D eigenvalue weighted by Crippen LogP contribution is 2.27. The molecule has 4 heteroatoms. The van der Waals surface area contributed by atoms with Gasteiger partial charge in [-0.25, -0.2) is 0 Å². The predicted octanol–water partition coefficient (Wildman–Crippen LogP) is 1.86. The van der Waals surface area contributed by atoms with Gasteiger partial charge in [0.2, 0.25) is 0 Å². The van der Waals surface area contributed by atoms with Crippen molar-refractivity contribution in [3.8, 4) is 11.8 Å². The summed E-state index contributed by atoms with van der Waals surface area (Å²) in [5.74, 6) is 0.971. The number of hydrogen-bond donors (Lipinski definition) is 1. The van der Waals surface area contributed by atoms with Crippen molar-refractivity contribution in [2.45, 2.75) is 13.5 Å². The Hall–Kier alpha value is -2.51. The van der Waals surface area contributed by atoms with E-state index in [2.05, 4.69) is 29.2 Å². The van der Waals surface area contributed by atoms with Gasteiger partial charge < -0.3 is 14.5 Å². The van der Waals surface area contributed by atoms with Crippen molar-refractivity contribution in [3.63, 3.8) is 0 Å². The van der Waals surface area contributed by atoms with Crippen molar-refractivity contribution in [2.24, 2.45) is 0 Å². The summed E-state index contributed by atoms with van der Waals surface area (Å²) < 4.78 is 5.76. The average Bonchev–Trinajstić information content (AvgIpc) is 2.64. The van der Waals surface area contributed by atoms with Crippen LogP contribution in [0.25, 0.3) is 0 Å². The highest BCUT2D eigenvalue weighted by Gasteiger charge is 2.22. The molecule has 0 bridgehead atoms. The number of piperazine rings is 1. The lowest BCUT2D eigenvalue weighted by Crippen LogP contribution is -3.13. The SMILES string of the molecule is CCOc1ccccc1N1CC[NH+](Cc2ccccc2C#N)CC1. The average molecular weight is 322 g/mol. The van der Waals surface area contributed by atoms with Crippen molar-refractivity contribution < 1.29 is 9.64 Å². The van der Waals surface area contributed by atoms with Crippen LogP contribution in [-0.2, 0) is 6.54 Å². The molecule has 0 saturated carbocycles. The molecule has 0 spiro atoms. The number of nitriles is 1. The van der Waals surface area contributed by atoms with Crippen LogP contribution in [0.3, 0.4) is 0 Å². The second kappa shape index (κ2) is 7.85. The third-order valence-electron chi connectivity index (χ3n) is 4.55. The molecule has 1 aliphatic rings. The lowest BCUT2D eigenvalue weighted by Gasteiger charge is -2.34. The van der Waals surface area contributed by atoms with Gasteiger partial charge in [-0.3, -0.25) is 0 Å². The predicted molar refractivity (Wildman–Crippen MR) is 95.4 cm³/mol. The number of para-hydroxylation sites is 2. The molecule has 2 aromatic carbocycles. The van der Waals surface area contributed by atoms with Gasteiger partial charge in [-0.2, -0.15) is 5.26 Å². The maximum Gasteiger partial charge on any atom is 0.142 e. The molecule has 0 amide bonds. The summed E-state index contributed by atoms with van der Waals surface area (Å²) >= 11 is 0.